The Hall–Kier alpha value is -0.0600. The van der Waals surface area contributed by atoms with Crippen LogP contribution in [0.1, 0.15) is 36.3 Å². The minimum Gasteiger partial charge on any atom is -0.391 e. The third-order valence-electron chi connectivity index (χ3n) is 1.84. The van der Waals surface area contributed by atoms with E-state index in [2.05, 4.69) is 25.8 Å². The summed E-state index contributed by atoms with van der Waals surface area (Å²) in [5.74, 6) is 0.968. The molecule has 14 heavy (non-hydrogen) atoms. The molecule has 0 saturated carbocycles. The maximum absolute atomic E-state index is 9.10. The Bertz CT molecular complexity index is 262. The summed E-state index contributed by atoms with van der Waals surface area (Å²) in [5.41, 5.74) is 1.07. The summed E-state index contributed by atoms with van der Waals surface area (Å²) in [6.45, 7) is 6.58. The molecule has 0 atom stereocenters. The SMILES string of the molecule is CCc1nc(CSC(C)C)sc1CO. The molecule has 80 valence electrons. The first-order valence-electron chi connectivity index (χ1n) is 4.87. The monoisotopic (exact) mass is 231 g/mol. The molecule has 0 bridgehead atoms. The molecule has 0 aliphatic carbocycles. The summed E-state index contributed by atoms with van der Waals surface area (Å²) >= 11 is 3.54. The molecular formula is C10H17NOS2. The number of aliphatic hydroxyl groups excluding tert-OH is 1. The first-order chi connectivity index (χ1) is 6.67. The van der Waals surface area contributed by atoms with Gasteiger partial charge in [0, 0.05) is 5.75 Å². The van der Waals surface area contributed by atoms with Crippen LogP contribution < -0.4 is 0 Å². The molecule has 0 aromatic carbocycles. The van der Waals surface area contributed by atoms with E-state index in [-0.39, 0.29) is 6.61 Å². The Morgan fingerprint density at radius 2 is 2.21 bits per heavy atom. The fourth-order valence-electron chi connectivity index (χ4n) is 1.14. The van der Waals surface area contributed by atoms with Gasteiger partial charge in [0.1, 0.15) is 5.01 Å². The average molecular weight is 231 g/mol. The van der Waals surface area contributed by atoms with Crippen molar-refractivity contribution in [2.24, 2.45) is 0 Å². The van der Waals surface area contributed by atoms with Crippen molar-refractivity contribution in [2.75, 3.05) is 0 Å². The van der Waals surface area contributed by atoms with E-state index in [1.54, 1.807) is 11.3 Å². The number of aryl methyl sites for hydroxylation is 1. The number of rotatable bonds is 5. The van der Waals surface area contributed by atoms with Crippen LogP contribution in [0.5, 0.6) is 0 Å². The van der Waals surface area contributed by atoms with E-state index in [1.165, 1.54) is 0 Å². The molecule has 1 N–H and O–H groups in total. The van der Waals surface area contributed by atoms with E-state index >= 15 is 0 Å². The molecule has 0 unspecified atom stereocenters. The van der Waals surface area contributed by atoms with E-state index in [0.29, 0.717) is 5.25 Å². The van der Waals surface area contributed by atoms with Gasteiger partial charge < -0.3 is 5.11 Å². The lowest BCUT2D eigenvalue weighted by molar-refractivity contribution is 0.284. The van der Waals surface area contributed by atoms with Gasteiger partial charge in [0.25, 0.3) is 0 Å². The predicted molar refractivity (Wildman–Crippen MR) is 63.8 cm³/mol. The van der Waals surface area contributed by atoms with Crippen molar-refractivity contribution >= 4 is 23.1 Å². The van der Waals surface area contributed by atoms with Crippen LogP contribution in [0.2, 0.25) is 0 Å². The number of aromatic nitrogens is 1. The zero-order chi connectivity index (χ0) is 10.6. The maximum atomic E-state index is 9.10. The molecule has 0 fully saturated rings. The van der Waals surface area contributed by atoms with Crippen LogP contribution in [0.4, 0.5) is 0 Å². The number of thioether (sulfide) groups is 1. The highest BCUT2D eigenvalue weighted by atomic mass is 32.2. The summed E-state index contributed by atoms with van der Waals surface area (Å²) in [4.78, 5) is 5.54. The molecule has 1 heterocycles. The molecule has 0 aliphatic rings. The molecule has 1 rings (SSSR count). The lowest BCUT2D eigenvalue weighted by Gasteiger charge is -2.00. The van der Waals surface area contributed by atoms with Gasteiger partial charge in [-0.3, -0.25) is 0 Å². The van der Waals surface area contributed by atoms with Gasteiger partial charge in [-0.05, 0) is 11.7 Å². The Balaban J connectivity index is 2.64. The summed E-state index contributed by atoms with van der Waals surface area (Å²) in [6.07, 6.45) is 0.915. The molecule has 0 spiro atoms. The van der Waals surface area contributed by atoms with Crippen LogP contribution in [0, 0.1) is 0 Å². The van der Waals surface area contributed by atoms with Gasteiger partial charge in [0.2, 0.25) is 0 Å². The van der Waals surface area contributed by atoms with Crippen molar-refractivity contribution in [3.63, 3.8) is 0 Å². The van der Waals surface area contributed by atoms with Crippen molar-refractivity contribution in [3.05, 3.63) is 15.6 Å². The fraction of sp³-hybridized carbons (Fsp3) is 0.700. The lowest BCUT2D eigenvalue weighted by atomic mass is 10.3. The highest BCUT2D eigenvalue weighted by Gasteiger charge is 2.09. The van der Waals surface area contributed by atoms with E-state index in [0.717, 1.165) is 27.8 Å². The molecule has 1 aromatic heterocycles. The Kier molecular flexibility index (Phi) is 4.92. The number of hydrogen-bond acceptors (Lipinski definition) is 4. The Morgan fingerprint density at radius 1 is 1.50 bits per heavy atom. The number of aliphatic hydroxyl groups is 1. The van der Waals surface area contributed by atoms with Gasteiger partial charge in [-0.25, -0.2) is 4.98 Å². The molecule has 0 saturated heterocycles. The van der Waals surface area contributed by atoms with E-state index in [9.17, 15) is 0 Å². The Labute approximate surface area is 93.8 Å². The molecule has 4 heteroatoms. The minimum atomic E-state index is 0.132. The summed E-state index contributed by atoms with van der Waals surface area (Å²) in [6, 6.07) is 0. The second-order valence-corrected chi connectivity index (χ2v) is 6.08. The van der Waals surface area contributed by atoms with Crippen LogP contribution in [0.15, 0.2) is 0 Å². The van der Waals surface area contributed by atoms with Gasteiger partial charge in [0.05, 0.1) is 17.2 Å². The molecule has 2 nitrogen and oxygen atoms in total. The highest BCUT2D eigenvalue weighted by molar-refractivity contribution is 7.99. The third kappa shape index (κ3) is 3.26. The van der Waals surface area contributed by atoms with Gasteiger partial charge in [-0.2, -0.15) is 11.8 Å². The Morgan fingerprint density at radius 3 is 2.64 bits per heavy atom. The number of thiazole rings is 1. The minimum absolute atomic E-state index is 0.132. The van der Waals surface area contributed by atoms with Crippen LogP contribution in [0.3, 0.4) is 0 Å². The summed E-state index contributed by atoms with van der Waals surface area (Å²) in [5, 5.41) is 10.9. The van der Waals surface area contributed by atoms with Crippen LogP contribution in [-0.4, -0.2) is 15.3 Å². The van der Waals surface area contributed by atoms with E-state index < -0.39 is 0 Å². The van der Waals surface area contributed by atoms with Crippen molar-refractivity contribution in [1.29, 1.82) is 0 Å². The second kappa shape index (κ2) is 5.73. The van der Waals surface area contributed by atoms with E-state index in [4.69, 9.17) is 5.11 Å². The third-order valence-corrected chi connectivity index (χ3v) is 4.21. The van der Waals surface area contributed by atoms with Crippen LogP contribution in [0.25, 0.3) is 0 Å². The standard InChI is InChI=1S/C10H17NOS2/c1-4-8-9(5-12)14-10(11-8)6-13-7(2)3/h7,12H,4-6H2,1-3H3. The van der Waals surface area contributed by atoms with Crippen LogP contribution >= 0.6 is 23.1 Å². The van der Waals surface area contributed by atoms with Gasteiger partial charge >= 0.3 is 0 Å². The summed E-state index contributed by atoms with van der Waals surface area (Å²) in [7, 11) is 0. The lowest BCUT2D eigenvalue weighted by Crippen LogP contribution is -1.89. The van der Waals surface area contributed by atoms with Crippen molar-refractivity contribution in [3.8, 4) is 0 Å². The van der Waals surface area contributed by atoms with E-state index in [1.807, 2.05) is 11.8 Å². The molecule has 0 amide bonds. The second-order valence-electron chi connectivity index (χ2n) is 3.35. The van der Waals surface area contributed by atoms with Crippen molar-refractivity contribution < 1.29 is 5.11 Å². The van der Waals surface area contributed by atoms with Crippen molar-refractivity contribution in [2.45, 2.75) is 44.8 Å². The average Bonchev–Trinajstić information content (AvgIpc) is 2.57. The fourth-order valence-corrected chi connectivity index (χ4v) is 2.93. The first kappa shape index (κ1) is 12.0. The highest BCUT2D eigenvalue weighted by Crippen LogP contribution is 2.24. The zero-order valence-electron chi connectivity index (χ0n) is 8.91. The zero-order valence-corrected chi connectivity index (χ0v) is 10.5. The summed E-state index contributed by atoms with van der Waals surface area (Å²) < 4.78 is 0. The van der Waals surface area contributed by atoms with Crippen LogP contribution in [-0.2, 0) is 18.8 Å². The molecule has 0 aliphatic heterocycles. The molecule has 0 radical (unpaired) electrons. The maximum Gasteiger partial charge on any atom is 0.103 e. The smallest absolute Gasteiger partial charge is 0.103 e. The molecule has 1 aromatic rings. The van der Waals surface area contributed by atoms with Gasteiger partial charge in [-0.1, -0.05) is 20.8 Å². The topological polar surface area (TPSA) is 33.1 Å². The molecular weight excluding hydrogens is 214 g/mol. The number of nitrogens with zero attached hydrogens (tertiary/aromatic N) is 1. The quantitative estimate of drug-likeness (QED) is 0.846. The number of hydrogen-bond donors (Lipinski definition) is 1. The predicted octanol–water partition coefficient (Wildman–Crippen LogP) is 2.84. The van der Waals surface area contributed by atoms with Gasteiger partial charge in [0.15, 0.2) is 0 Å². The first-order valence-corrected chi connectivity index (χ1v) is 6.73. The van der Waals surface area contributed by atoms with Crippen molar-refractivity contribution in [1.82, 2.24) is 4.98 Å². The largest absolute Gasteiger partial charge is 0.391 e. The van der Waals surface area contributed by atoms with Gasteiger partial charge in [-0.15, -0.1) is 11.3 Å². The normalized spacial score (nSPS) is 11.2.